The monoisotopic (exact) mass is 378 g/mol. The molecule has 0 aliphatic carbocycles. The first-order valence-electron chi connectivity index (χ1n) is 9.55. The summed E-state index contributed by atoms with van der Waals surface area (Å²) in [5.41, 5.74) is 3.09. The molecule has 0 spiro atoms. The van der Waals surface area contributed by atoms with E-state index in [9.17, 15) is 0 Å². The second-order valence-electron chi connectivity index (χ2n) is 6.39. The second kappa shape index (κ2) is 10.2. The topological polar surface area (TPSA) is 88.2 Å². The normalized spacial score (nSPS) is 11.4. The number of aromatic nitrogens is 3. The summed E-state index contributed by atoms with van der Waals surface area (Å²) in [6, 6.07) is 14.0. The maximum absolute atomic E-state index is 5.38. The highest BCUT2D eigenvalue weighted by atomic mass is 16.5. The van der Waals surface area contributed by atoms with Crippen molar-refractivity contribution in [2.24, 2.45) is 4.99 Å². The van der Waals surface area contributed by atoms with E-state index in [0.29, 0.717) is 12.4 Å². The third-order valence-corrected chi connectivity index (χ3v) is 4.20. The lowest BCUT2D eigenvalue weighted by atomic mass is 10.1. The Hall–Kier alpha value is -3.22. The summed E-state index contributed by atoms with van der Waals surface area (Å²) in [5.74, 6) is 2.06. The molecule has 3 rings (SSSR count). The minimum atomic E-state index is 0.558. The van der Waals surface area contributed by atoms with Gasteiger partial charge in [-0.05, 0) is 36.2 Å². The number of aliphatic imine (C=N–C) groups is 1. The summed E-state index contributed by atoms with van der Waals surface area (Å²) in [4.78, 5) is 13.1. The number of hydrogen-bond acceptors (Lipinski definition) is 5. The molecule has 7 heteroatoms. The molecule has 3 aromatic rings. The fourth-order valence-electron chi connectivity index (χ4n) is 2.77. The quantitative estimate of drug-likeness (QED) is 0.463. The Balaban J connectivity index is 1.52. The molecule has 7 nitrogen and oxygen atoms in total. The number of pyridine rings is 1. The highest BCUT2D eigenvalue weighted by Gasteiger charge is 2.09. The van der Waals surface area contributed by atoms with Crippen LogP contribution < -0.4 is 10.6 Å². The van der Waals surface area contributed by atoms with E-state index < -0.39 is 0 Å². The van der Waals surface area contributed by atoms with Crippen LogP contribution in [0.15, 0.2) is 58.2 Å². The Morgan fingerprint density at radius 2 is 2.04 bits per heavy atom. The summed E-state index contributed by atoms with van der Waals surface area (Å²) in [7, 11) is 1.76. The van der Waals surface area contributed by atoms with E-state index in [1.165, 1.54) is 0 Å². The lowest BCUT2D eigenvalue weighted by molar-refractivity contribution is 0.422. The number of hydrogen-bond donors (Lipinski definition) is 2. The molecule has 0 fully saturated rings. The van der Waals surface area contributed by atoms with Crippen LogP contribution in [0.2, 0.25) is 0 Å². The highest BCUT2D eigenvalue weighted by Crippen LogP contribution is 2.19. The first-order valence-corrected chi connectivity index (χ1v) is 9.55. The number of nitrogens with zero attached hydrogens (tertiary/aromatic N) is 4. The van der Waals surface area contributed by atoms with Crippen LogP contribution in [-0.2, 0) is 19.4 Å². The Kier molecular flexibility index (Phi) is 7.12. The van der Waals surface area contributed by atoms with Crippen molar-refractivity contribution in [2.75, 3.05) is 13.6 Å². The van der Waals surface area contributed by atoms with Crippen LogP contribution in [0.25, 0.3) is 11.5 Å². The molecular weight excluding hydrogens is 352 g/mol. The molecule has 2 N–H and O–H groups in total. The molecular formula is C21H26N6O. The molecule has 28 heavy (non-hydrogen) atoms. The maximum Gasteiger partial charge on any atom is 0.257 e. The van der Waals surface area contributed by atoms with Crippen LogP contribution in [0.1, 0.15) is 30.4 Å². The van der Waals surface area contributed by atoms with Crippen LogP contribution in [-0.4, -0.2) is 34.7 Å². The van der Waals surface area contributed by atoms with Gasteiger partial charge in [0.05, 0.1) is 0 Å². The Bertz CT molecular complexity index is 891. The van der Waals surface area contributed by atoms with E-state index >= 15 is 0 Å². The summed E-state index contributed by atoms with van der Waals surface area (Å²) >= 11 is 0. The van der Waals surface area contributed by atoms with Gasteiger partial charge in [-0.15, -0.1) is 0 Å². The van der Waals surface area contributed by atoms with Gasteiger partial charge in [-0.3, -0.25) is 9.98 Å². The first-order chi connectivity index (χ1) is 13.8. The molecule has 0 saturated heterocycles. The average Bonchev–Trinajstić information content (AvgIpc) is 3.20. The second-order valence-corrected chi connectivity index (χ2v) is 6.39. The highest BCUT2D eigenvalue weighted by molar-refractivity contribution is 5.79. The zero-order valence-electron chi connectivity index (χ0n) is 16.4. The number of rotatable bonds is 8. The summed E-state index contributed by atoms with van der Waals surface area (Å²) in [6.07, 6.45) is 4.47. The minimum absolute atomic E-state index is 0.558. The molecule has 2 heterocycles. The standard InChI is InChI=1S/C21H26N6O/c1-3-7-19-26-20(28-27-19)17-9-6-8-16(14-17)15-25-21(22-2)24-13-11-18-10-4-5-12-23-18/h4-6,8-10,12,14H,3,7,11,13,15H2,1-2H3,(H2,22,24,25). The third kappa shape index (κ3) is 5.64. The minimum Gasteiger partial charge on any atom is -0.356 e. The molecule has 0 atom stereocenters. The summed E-state index contributed by atoms with van der Waals surface area (Å²) < 4.78 is 5.38. The van der Waals surface area contributed by atoms with E-state index in [0.717, 1.165) is 54.4 Å². The van der Waals surface area contributed by atoms with Gasteiger partial charge in [0, 0.05) is 50.4 Å². The molecule has 0 saturated carbocycles. The van der Waals surface area contributed by atoms with Gasteiger partial charge >= 0.3 is 0 Å². The van der Waals surface area contributed by atoms with Gasteiger partial charge in [0.2, 0.25) is 0 Å². The fraction of sp³-hybridized carbons (Fsp3) is 0.333. The van der Waals surface area contributed by atoms with E-state index in [4.69, 9.17) is 4.52 Å². The molecule has 0 amide bonds. The van der Waals surface area contributed by atoms with E-state index in [2.05, 4.69) is 49.8 Å². The van der Waals surface area contributed by atoms with Crippen LogP contribution in [0, 0.1) is 0 Å². The van der Waals surface area contributed by atoms with Crippen molar-refractivity contribution >= 4 is 5.96 Å². The summed E-state index contributed by atoms with van der Waals surface area (Å²) in [5, 5.41) is 10.7. The average molecular weight is 378 g/mol. The SMILES string of the molecule is CCCc1noc(-c2cccc(CNC(=NC)NCCc3ccccn3)c2)n1. The van der Waals surface area contributed by atoms with Crippen molar-refractivity contribution < 1.29 is 4.52 Å². The molecule has 0 bridgehead atoms. The van der Waals surface area contributed by atoms with Gasteiger partial charge in [-0.2, -0.15) is 4.98 Å². The third-order valence-electron chi connectivity index (χ3n) is 4.20. The molecule has 0 aliphatic heterocycles. The van der Waals surface area contributed by atoms with Gasteiger partial charge in [-0.1, -0.05) is 30.3 Å². The largest absolute Gasteiger partial charge is 0.356 e. The zero-order valence-corrected chi connectivity index (χ0v) is 16.4. The van der Waals surface area contributed by atoms with E-state index in [1.54, 1.807) is 7.05 Å². The molecule has 0 radical (unpaired) electrons. The van der Waals surface area contributed by atoms with Crippen LogP contribution >= 0.6 is 0 Å². The summed E-state index contributed by atoms with van der Waals surface area (Å²) in [6.45, 7) is 3.51. The lowest BCUT2D eigenvalue weighted by Gasteiger charge is -2.12. The van der Waals surface area contributed by atoms with Crippen molar-refractivity contribution in [3.05, 3.63) is 65.7 Å². The Morgan fingerprint density at radius 3 is 2.82 bits per heavy atom. The Morgan fingerprint density at radius 1 is 1.11 bits per heavy atom. The van der Waals surface area contributed by atoms with Crippen molar-refractivity contribution in [1.82, 2.24) is 25.8 Å². The molecule has 2 aromatic heterocycles. The van der Waals surface area contributed by atoms with Crippen molar-refractivity contribution in [1.29, 1.82) is 0 Å². The smallest absolute Gasteiger partial charge is 0.257 e. The Labute approximate surface area is 165 Å². The van der Waals surface area contributed by atoms with Gasteiger partial charge < -0.3 is 15.2 Å². The zero-order chi connectivity index (χ0) is 19.6. The van der Waals surface area contributed by atoms with Gasteiger partial charge in [0.15, 0.2) is 11.8 Å². The molecule has 1 aromatic carbocycles. The first kappa shape index (κ1) is 19.5. The predicted molar refractivity (Wildman–Crippen MR) is 110 cm³/mol. The van der Waals surface area contributed by atoms with Gasteiger partial charge in [0.1, 0.15) is 0 Å². The predicted octanol–water partition coefficient (Wildman–Crippen LogP) is 2.99. The number of aryl methyl sites for hydroxylation is 1. The molecule has 0 unspecified atom stereocenters. The van der Waals surface area contributed by atoms with Crippen molar-refractivity contribution in [3.63, 3.8) is 0 Å². The number of nitrogens with one attached hydrogen (secondary N) is 2. The number of guanidine groups is 1. The van der Waals surface area contributed by atoms with Crippen molar-refractivity contribution in [2.45, 2.75) is 32.7 Å². The van der Waals surface area contributed by atoms with Crippen LogP contribution in [0.4, 0.5) is 0 Å². The van der Waals surface area contributed by atoms with Gasteiger partial charge in [0.25, 0.3) is 5.89 Å². The maximum atomic E-state index is 5.38. The van der Waals surface area contributed by atoms with Crippen LogP contribution in [0.3, 0.4) is 0 Å². The number of benzene rings is 1. The van der Waals surface area contributed by atoms with Gasteiger partial charge in [-0.25, -0.2) is 0 Å². The molecule has 0 aliphatic rings. The van der Waals surface area contributed by atoms with E-state index in [1.807, 2.05) is 36.5 Å². The van der Waals surface area contributed by atoms with Crippen molar-refractivity contribution in [3.8, 4) is 11.5 Å². The van der Waals surface area contributed by atoms with Crippen LogP contribution in [0.5, 0.6) is 0 Å². The van der Waals surface area contributed by atoms with E-state index in [-0.39, 0.29) is 0 Å². The lowest BCUT2D eigenvalue weighted by Crippen LogP contribution is -2.37. The fourth-order valence-corrected chi connectivity index (χ4v) is 2.77. The molecule has 146 valence electrons.